The van der Waals surface area contributed by atoms with E-state index in [1.807, 2.05) is 13.8 Å². The second kappa shape index (κ2) is 8.57. The molecule has 0 radical (unpaired) electrons. The fraction of sp³-hybridized carbons (Fsp3) is 0.450. The molecule has 144 valence electrons. The van der Waals surface area contributed by atoms with E-state index >= 15 is 0 Å². The molecular weight excluding hydrogens is 368 g/mol. The van der Waals surface area contributed by atoms with Gasteiger partial charge in [0.15, 0.2) is 11.5 Å². The maximum Gasteiger partial charge on any atom is 0.414 e. The highest BCUT2D eigenvalue weighted by Gasteiger charge is 2.34. The van der Waals surface area contributed by atoms with Gasteiger partial charge in [0.2, 0.25) is 0 Å². The number of hydrogen-bond acceptors (Lipinski definition) is 5. The lowest BCUT2D eigenvalue weighted by Crippen LogP contribution is -2.33. The number of aromatic nitrogens is 1. The summed E-state index contributed by atoms with van der Waals surface area (Å²) in [6.07, 6.45) is 4.39. The van der Waals surface area contributed by atoms with Gasteiger partial charge in [-0.05, 0) is 43.9 Å². The molecule has 0 atom stereocenters. The second-order valence-corrected chi connectivity index (χ2v) is 7.07. The number of rotatable bonds is 8. The van der Waals surface area contributed by atoms with Crippen molar-refractivity contribution < 1.29 is 18.8 Å². The molecule has 1 saturated carbocycles. The molecular formula is C20H23ClN2O4. The number of anilines is 1. The van der Waals surface area contributed by atoms with Crippen molar-refractivity contribution >= 4 is 29.2 Å². The third-order valence-electron chi connectivity index (χ3n) is 4.38. The van der Waals surface area contributed by atoms with Crippen LogP contribution in [0.5, 0.6) is 0 Å². The Morgan fingerprint density at radius 3 is 2.70 bits per heavy atom. The Morgan fingerprint density at radius 1 is 1.26 bits per heavy atom. The number of halogens is 1. The normalized spacial score (nSPS) is 13.4. The quantitative estimate of drug-likeness (QED) is 0.579. The number of hydrogen-bond donors (Lipinski definition) is 0. The van der Waals surface area contributed by atoms with Crippen molar-refractivity contribution in [3.8, 4) is 0 Å². The van der Waals surface area contributed by atoms with Crippen molar-refractivity contribution in [2.24, 2.45) is 0 Å². The second-order valence-electron chi connectivity index (χ2n) is 6.63. The third kappa shape index (κ3) is 4.33. The Hall–Kier alpha value is -2.34. The number of benzene rings is 1. The van der Waals surface area contributed by atoms with E-state index in [1.54, 1.807) is 18.2 Å². The molecule has 7 heteroatoms. The predicted molar refractivity (Wildman–Crippen MR) is 103 cm³/mol. The molecule has 0 bridgehead atoms. The van der Waals surface area contributed by atoms with Gasteiger partial charge in [-0.15, -0.1) is 0 Å². The van der Waals surface area contributed by atoms with Crippen LogP contribution in [0.25, 0.3) is 0 Å². The van der Waals surface area contributed by atoms with Gasteiger partial charge in [0.25, 0.3) is 0 Å². The molecule has 0 N–H and O–H groups in total. The lowest BCUT2D eigenvalue weighted by molar-refractivity contribution is 0.103. The highest BCUT2D eigenvalue weighted by atomic mass is 35.5. The number of ether oxygens (including phenoxy) is 1. The molecule has 0 aliphatic heterocycles. The van der Waals surface area contributed by atoms with Crippen molar-refractivity contribution in [1.29, 1.82) is 0 Å². The van der Waals surface area contributed by atoms with Gasteiger partial charge in [-0.1, -0.05) is 30.6 Å². The summed E-state index contributed by atoms with van der Waals surface area (Å²) in [5.41, 5.74) is 1.27. The standard InChI is InChI=1S/C20H23ClN2O4/c1-3-9-23(20(25)26-10-4-2)17-11-14(21)7-8-15(17)18(24)16-12-22-27-19(16)13-5-6-13/h7-8,11-13H,3-6,9-10H2,1-2H3. The molecule has 0 saturated heterocycles. The minimum Gasteiger partial charge on any atom is -0.449 e. The number of nitrogens with zero attached hydrogens (tertiary/aromatic N) is 2. The van der Waals surface area contributed by atoms with Gasteiger partial charge < -0.3 is 9.26 Å². The molecule has 1 amide bonds. The average Bonchev–Trinajstić information content (AvgIpc) is 3.40. The summed E-state index contributed by atoms with van der Waals surface area (Å²) in [5, 5.41) is 4.25. The number of carbonyl (C=O) groups is 2. The predicted octanol–water partition coefficient (Wildman–Crippen LogP) is 5.20. The van der Waals surface area contributed by atoms with Gasteiger partial charge in [-0.3, -0.25) is 9.69 Å². The Morgan fingerprint density at radius 2 is 2.04 bits per heavy atom. The molecule has 0 unspecified atom stereocenters. The first-order chi connectivity index (χ1) is 13.1. The van der Waals surface area contributed by atoms with Crippen LogP contribution in [-0.2, 0) is 4.74 Å². The van der Waals surface area contributed by atoms with Crippen LogP contribution in [0, 0.1) is 0 Å². The summed E-state index contributed by atoms with van der Waals surface area (Å²) >= 11 is 6.17. The van der Waals surface area contributed by atoms with E-state index in [-0.39, 0.29) is 11.7 Å². The van der Waals surface area contributed by atoms with Gasteiger partial charge in [-0.2, -0.15) is 0 Å². The van der Waals surface area contributed by atoms with Crippen LogP contribution in [0.1, 0.15) is 67.1 Å². The Kier molecular flexibility index (Phi) is 6.16. The monoisotopic (exact) mass is 390 g/mol. The van der Waals surface area contributed by atoms with Crippen molar-refractivity contribution in [3.05, 3.63) is 46.3 Å². The van der Waals surface area contributed by atoms with Crippen LogP contribution >= 0.6 is 11.6 Å². The summed E-state index contributed by atoms with van der Waals surface area (Å²) in [6, 6.07) is 4.91. The molecule has 1 fully saturated rings. The smallest absolute Gasteiger partial charge is 0.414 e. The van der Waals surface area contributed by atoms with Crippen molar-refractivity contribution in [2.45, 2.75) is 45.4 Å². The summed E-state index contributed by atoms with van der Waals surface area (Å²) < 4.78 is 10.6. The topological polar surface area (TPSA) is 72.6 Å². The molecule has 1 heterocycles. The zero-order chi connectivity index (χ0) is 19.4. The van der Waals surface area contributed by atoms with E-state index in [0.717, 1.165) is 19.3 Å². The fourth-order valence-electron chi connectivity index (χ4n) is 2.93. The van der Waals surface area contributed by atoms with E-state index in [1.165, 1.54) is 11.1 Å². The van der Waals surface area contributed by atoms with Crippen molar-refractivity contribution in [1.82, 2.24) is 5.16 Å². The van der Waals surface area contributed by atoms with E-state index in [2.05, 4.69) is 5.16 Å². The van der Waals surface area contributed by atoms with Gasteiger partial charge in [0.05, 0.1) is 24.1 Å². The maximum atomic E-state index is 13.2. The van der Waals surface area contributed by atoms with Crippen LogP contribution in [-0.4, -0.2) is 30.2 Å². The highest BCUT2D eigenvalue weighted by molar-refractivity contribution is 6.31. The minimum absolute atomic E-state index is 0.228. The summed E-state index contributed by atoms with van der Waals surface area (Å²) in [7, 11) is 0. The Bertz CT molecular complexity index is 829. The zero-order valence-electron chi connectivity index (χ0n) is 15.5. The molecule has 2 aromatic rings. The van der Waals surface area contributed by atoms with E-state index < -0.39 is 6.09 Å². The SMILES string of the molecule is CCCOC(=O)N(CCC)c1cc(Cl)ccc1C(=O)c1cnoc1C1CC1. The van der Waals surface area contributed by atoms with Crippen LogP contribution in [0.4, 0.5) is 10.5 Å². The van der Waals surface area contributed by atoms with Crippen molar-refractivity contribution in [2.75, 3.05) is 18.1 Å². The first kappa shape index (κ1) is 19.4. The summed E-state index contributed by atoms with van der Waals surface area (Å²) in [6.45, 7) is 4.62. The highest BCUT2D eigenvalue weighted by Crippen LogP contribution is 2.42. The molecule has 0 spiro atoms. The maximum absolute atomic E-state index is 13.2. The van der Waals surface area contributed by atoms with Crippen molar-refractivity contribution in [3.63, 3.8) is 0 Å². The fourth-order valence-corrected chi connectivity index (χ4v) is 3.09. The third-order valence-corrected chi connectivity index (χ3v) is 4.62. The Labute approximate surface area is 163 Å². The van der Waals surface area contributed by atoms with Gasteiger partial charge >= 0.3 is 6.09 Å². The van der Waals surface area contributed by atoms with E-state index in [0.29, 0.717) is 47.2 Å². The number of ketones is 1. The summed E-state index contributed by atoms with van der Waals surface area (Å²) in [5.74, 6) is 0.647. The molecule has 6 nitrogen and oxygen atoms in total. The lowest BCUT2D eigenvalue weighted by Gasteiger charge is -2.24. The Balaban J connectivity index is 1.99. The van der Waals surface area contributed by atoms with Gasteiger partial charge in [-0.25, -0.2) is 4.79 Å². The molecule has 1 aromatic heterocycles. The van der Waals surface area contributed by atoms with Crippen LogP contribution < -0.4 is 4.90 Å². The first-order valence-electron chi connectivity index (χ1n) is 9.29. The largest absolute Gasteiger partial charge is 0.449 e. The van der Waals surface area contributed by atoms with E-state index in [4.69, 9.17) is 20.9 Å². The van der Waals surface area contributed by atoms with Crippen LogP contribution in [0.3, 0.4) is 0 Å². The molecule has 1 aromatic carbocycles. The zero-order valence-corrected chi connectivity index (χ0v) is 16.3. The molecule has 27 heavy (non-hydrogen) atoms. The minimum atomic E-state index is -0.484. The molecule has 3 rings (SSSR count). The first-order valence-corrected chi connectivity index (χ1v) is 9.67. The van der Waals surface area contributed by atoms with Gasteiger partial charge in [0, 0.05) is 23.0 Å². The van der Waals surface area contributed by atoms with Crippen LogP contribution in [0.2, 0.25) is 5.02 Å². The molecule has 1 aliphatic carbocycles. The van der Waals surface area contributed by atoms with Gasteiger partial charge in [0.1, 0.15) is 0 Å². The summed E-state index contributed by atoms with van der Waals surface area (Å²) in [4.78, 5) is 27.3. The van der Waals surface area contributed by atoms with Crippen LogP contribution in [0.15, 0.2) is 28.9 Å². The number of amides is 1. The molecule has 1 aliphatic rings. The average molecular weight is 391 g/mol. The number of carbonyl (C=O) groups excluding carboxylic acids is 2. The lowest BCUT2D eigenvalue weighted by atomic mass is 10.0. The van der Waals surface area contributed by atoms with E-state index in [9.17, 15) is 9.59 Å².